The molecule has 2 aromatic carbocycles. The molecule has 0 bridgehead atoms. The molecule has 31 heavy (non-hydrogen) atoms. The van der Waals surface area contributed by atoms with Gasteiger partial charge in [0.25, 0.3) is 11.8 Å². The first kappa shape index (κ1) is 21.5. The summed E-state index contributed by atoms with van der Waals surface area (Å²) >= 11 is 0. The molecular weight excluding hydrogens is 402 g/mol. The number of benzene rings is 2. The fourth-order valence-corrected chi connectivity index (χ4v) is 2.63. The molecule has 0 saturated heterocycles. The van der Waals surface area contributed by atoms with Crippen molar-refractivity contribution in [2.24, 2.45) is 5.10 Å². The molecule has 1 heterocycles. The number of rotatable bonds is 9. The predicted molar refractivity (Wildman–Crippen MR) is 113 cm³/mol. The van der Waals surface area contributed by atoms with Crippen LogP contribution in [0.3, 0.4) is 0 Å². The maximum absolute atomic E-state index is 12.2. The minimum absolute atomic E-state index is 0.119. The molecule has 9 nitrogen and oxygen atoms in total. The molecule has 160 valence electrons. The molecule has 2 amide bonds. The van der Waals surface area contributed by atoms with E-state index in [1.807, 2.05) is 6.92 Å². The van der Waals surface area contributed by atoms with Crippen LogP contribution < -0.4 is 29.7 Å². The standard InChI is InChI=1S/C22H21N3O6/c1-3-9-29-17-7-5-15(10-19(17)28-4-2)12-24-25-21(26)13-23-22(27)16-6-8-18-20(11-16)31-14-30-18/h1,5-8,10-12H,4,9,13-14H2,2H3,(H,23,27)(H,25,26)/b24-12-. The smallest absolute Gasteiger partial charge is 0.259 e. The molecule has 0 atom stereocenters. The molecular formula is C22H21N3O6. The molecule has 0 unspecified atom stereocenters. The van der Waals surface area contributed by atoms with Gasteiger partial charge >= 0.3 is 0 Å². The fraction of sp³-hybridized carbons (Fsp3) is 0.227. The number of nitrogens with zero attached hydrogens (tertiary/aromatic N) is 1. The Kier molecular flexibility index (Phi) is 7.32. The molecule has 3 rings (SSSR count). The number of nitrogens with one attached hydrogen (secondary N) is 2. The second-order valence-corrected chi connectivity index (χ2v) is 6.18. The molecule has 0 aliphatic carbocycles. The van der Waals surface area contributed by atoms with Gasteiger partial charge in [0, 0.05) is 5.56 Å². The van der Waals surface area contributed by atoms with Crippen molar-refractivity contribution in [3.05, 3.63) is 47.5 Å². The van der Waals surface area contributed by atoms with E-state index in [9.17, 15) is 9.59 Å². The average molecular weight is 423 g/mol. The van der Waals surface area contributed by atoms with Crippen molar-refractivity contribution in [2.75, 3.05) is 26.6 Å². The molecule has 0 aromatic heterocycles. The Morgan fingerprint density at radius 2 is 2.00 bits per heavy atom. The lowest BCUT2D eigenvalue weighted by molar-refractivity contribution is -0.120. The first-order chi connectivity index (χ1) is 15.1. The van der Waals surface area contributed by atoms with Gasteiger partial charge in [-0.05, 0) is 48.9 Å². The Hall–Kier alpha value is -4.19. The van der Waals surface area contributed by atoms with E-state index in [2.05, 4.69) is 21.8 Å². The topological polar surface area (TPSA) is 107 Å². The highest BCUT2D eigenvalue weighted by Crippen LogP contribution is 2.32. The third kappa shape index (κ3) is 5.90. The molecule has 2 N–H and O–H groups in total. The Morgan fingerprint density at radius 3 is 2.81 bits per heavy atom. The number of fused-ring (bicyclic) bond motifs is 1. The van der Waals surface area contributed by atoms with E-state index < -0.39 is 11.8 Å². The summed E-state index contributed by atoms with van der Waals surface area (Å²) in [5.74, 6) is 3.60. The zero-order chi connectivity index (χ0) is 22.1. The summed E-state index contributed by atoms with van der Waals surface area (Å²) in [5.41, 5.74) is 3.39. The minimum atomic E-state index is -0.482. The average Bonchev–Trinajstić information content (AvgIpc) is 3.25. The second-order valence-electron chi connectivity index (χ2n) is 6.18. The molecule has 9 heteroatoms. The summed E-state index contributed by atoms with van der Waals surface area (Å²) in [6, 6.07) is 9.95. The first-order valence-electron chi connectivity index (χ1n) is 9.43. The number of hydrogen-bond acceptors (Lipinski definition) is 7. The van der Waals surface area contributed by atoms with Gasteiger partial charge in [-0.2, -0.15) is 5.10 Å². The van der Waals surface area contributed by atoms with Crippen LogP contribution in [0.5, 0.6) is 23.0 Å². The summed E-state index contributed by atoms with van der Waals surface area (Å²) in [5, 5.41) is 6.41. The summed E-state index contributed by atoms with van der Waals surface area (Å²) < 4.78 is 21.4. The van der Waals surface area contributed by atoms with E-state index in [0.29, 0.717) is 40.7 Å². The van der Waals surface area contributed by atoms with E-state index in [1.165, 1.54) is 6.21 Å². The third-order valence-corrected chi connectivity index (χ3v) is 4.03. The second kappa shape index (κ2) is 10.5. The van der Waals surface area contributed by atoms with Crippen molar-refractivity contribution in [3.8, 4) is 35.3 Å². The van der Waals surface area contributed by atoms with Gasteiger partial charge in [0.15, 0.2) is 23.0 Å². The number of ether oxygens (including phenoxy) is 4. The fourth-order valence-electron chi connectivity index (χ4n) is 2.63. The monoisotopic (exact) mass is 423 g/mol. The summed E-state index contributed by atoms with van der Waals surface area (Å²) in [6.07, 6.45) is 6.66. The van der Waals surface area contributed by atoms with E-state index in [1.54, 1.807) is 36.4 Å². The van der Waals surface area contributed by atoms with Crippen LogP contribution in [-0.4, -0.2) is 44.6 Å². The van der Waals surface area contributed by atoms with Gasteiger partial charge in [-0.1, -0.05) is 5.92 Å². The Balaban J connectivity index is 1.50. The highest BCUT2D eigenvalue weighted by molar-refractivity contribution is 5.97. The van der Waals surface area contributed by atoms with Gasteiger partial charge in [-0.15, -0.1) is 6.42 Å². The summed E-state index contributed by atoms with van der Waals surface area (Å²) in [6.45, 7) is 2.30. The Labute approximate surface area is 179 Å². The summed E-state index contributed by atoms with van der Waals surface area (Å²) in [4.78, 5) is 24.1. The van der Waals surface area contributed by atoms with Crippen molar-refractivity contribution in [3.63, 3.8) is 0 Å². The van der Waals surface area contributed by atoms with Crippen molar-refractivity contribution >= 4 is 18.0 Å². The van der Waals surface area contributed by atoms with Gasteiger partial charge in [0.1, 0.15) is 6.61 Å². The molecule has 2 aromatic rings. The van der Waals surface area contributed by atoms with Crippen LogP contribution in [0.25, 0.3) is 0 Å². The van der Waals surface area contributed by atoms with Crippen LogP contribution in [0.4, 0.5) is 0 Å². The van der Waals surface area contributed by atoms with Crippen molar-refractivity contribution in [1.82, 2.24) is 10.7 Å². The molecule has 0 fully saturated rings. The zero-order valence-corrected chi connectivity index (χ0v) is 16.8. The minimum Gasteiger partial charge on any atom is -0.490 e. The van der Waals surface area contributed by atoms with Gasteiger partial charge < -0.3 is 24.3 Å². The zero-order valence-electron chi connectivity index (χ0n) is 16.8. The lowest BCUT2D eigenvalue weighted by atomic mass is 10.2. The van der Waals surface area contributed by atoms with Crippen molar-refractivity contribution < 1.29 is 28.5 Å². The lowest BCUT2D eigenvalue weighted by Gasteiger charge is -2.10. The number of terminal acetylenes is 1. The van der Waals surface area contributed by atoms with Crippen LogP contribution in [0.2, 0.25) is 0 Å². The van der Waals surface area contributed by atoms with E-state index in [4.69, 9.17) is 25.4 Å². The van der Waals surface area contributed by atoms with Crippen LogP contribution in [-0.2, 0) is 4.79 Å². The van der Waals surface area contributed by atoms with Crippen LogP contribution in [0, 0.1) is 12.3 Å². The van der Waals surface area contributed by atoms with Crippen molar-refractivity contribution in [1.29, 1.82) is 0 Å². The highest BCUT2D eigenvalue weighted by Gasteiger charge is 2.16. The molecule has 1 aliphatic heterocycles. The summed E-state index contributed by atoms with van der Waals surface area (Å²) in [7, 11) is 0. The maximum atomic E-state index is 12.2. The van der Waals surface area contributed by atoms with Crippen LogP contribution in [0.1, 0.15) is 22.8 Å². The van der Waals surface area contributed by atoms with E-state index >= 15 is 0 Å². The SMILES string of the molecule is C#CCOc1ccc(/C=N\NC(=O)CNC(=O)c2ccc3c(c2)OCO3)cc1OCC. The van der Waals surface area contributed by atoms with Gasteiger partial charge in [0.2, 0.25) is 6.79 Å². The molecule has 0 spiro atoms. The van der Waals surface area contributed by atoms with Gasteiger partial charge in [-0.3, -0.25) is 9.59 Å². The molecule has 1 aliphatic rings. The lowest BCUT2D eigenvalue weighted by Crippen LogP contribution is -2.34. The van der Waals surface area contributed by atoms with E-state index in [-0.39, 0.29) is 19.9 Å². The number of carbonyl (C=O) groups is 2. The highest BCUT2D eigenvalue weighted by atomic mass is 16.7. The number of amides is 2. The van der Waals surface area contributed by atoms with Gasteiger partial charge in [-0.25, -0.2) is 5.43 Å². The Morgan fingerprint density at radius 1 is 1.16 bits per heavy atom. The third-order valence-electron chi connectivity index (χ3n) is 4.03. The largest absolute Gasteiger partial charge is 0.490 e. The number of hydrazone groups is 1. The first-order valence-corrected chi connectivity index (χ1v) is 9.43. The molecule has 0 saturated carbocycles. The van der Waals surface area contributed by atoms with Crippen LogP contribution >= 0.6 is 0 Å². The predicted octanol–water partition coefficient (Wildman–Crippen LogP) is 1.71. The van der Waals surface area contributed by atoms with Crippen LogP contribution in [0.15, 0.2) is 41.5 Å². The van der Waals surface area contributed by atoms with E-state index in [0.717, 1.165) is 0 Å². The molecule has 0 radical (unpaired) electrons. The number of carbonyl (C=O) groups excluding carboxylic acids is 2. The Bertz CT molecular complexity index is 1030. The number of hydrogen-bond donors (Lipinski definition) is 2. The quantitative estimate of drug-likeness (QED) is 0.361. The van der Waals surface area contributed by atoms with Crippen molar-refractivity contribution in [2.45, 2.75) is 6.92 Å². The van der Waals surface area contributed by atoms with Gasteiger partial charge in [0.05, 0.1) is 19.4 Å². The normalized spacial score (nSPS) is 11.6. The maximum Gasteiger partial charge on any atom is 0.259 e.